The highest BCUT2D eigenvalue weighted by Crippen LogP contribution is 2.42. The monoisotopic (exact) mass is 666 g/mol. The second-order valence-corrected chi connectivity index (χ2v) is 14.5. The molecular formula is C48H30N2S. The fourth-order valence-corrected chi connectivity index (χ4v) is 9.26. The fraction of sp³-hybridized carbons (Fsp3) is 0. The molecule has 3 heterocycles. The van der Waals surface area contributed by atoms with Crippen LogP contribution in [0.25, 0.3) is 97.4 Å². The van der Waals surface area contributed by atoms with Gasteiger partial charge < -0.3 is 9.13 Å². The number of nitrogens with zero attached hydrogens (tertiary/aromatic N) is 2. The molecule has 0 saturated carbocycles. The van der Waals surface area contributed by atoms with E-state index in [2.05, 4.69) is 191 Å². The Morgan fingerprint density at radius 2 is 0.784 bits per heavy atom. The molecule has 0 bridgehead atoms. The first-order valence-electron chi connectivity index (χ1n) is 17.4. The number of thiophene rings is 1. The Bertz CT molecular complexity index is 3070. The first kappa shape index (κ1) is 28.4. The van der Waals surface area contributed by atoms with Crippen LogP contribution < -0.4 is 0 Å². The van der Waals surface area contributed by atoms with Gasteiger partial charge in [-0.15, -0.1) is 11.3 Å². The van der Waals surface area contributed by atoms with E-state index in [0.717, 1.165) is 5.69 Å². The molecule has 3 aromatic heterocycles. The fourth-order valence-electron chi connectivity index (χ4n) is 8.18. The van der Waals surface area contributed by atoms with Crippen molar-refractivity contribution in [1.82, 2.24) is 9.13 Å². The summed E-state index contributed by atoms with van der Waals surface area (Å²) in [6.07, 6.45) is 0. The van der Waals surface area contributed by atoms with E-state index < -0.39 is 0 Å². The average molecular weight is 667 g/mol. The van der Waals surface area contributed by atoms with Gasteiger partial charge in [-0.2, -0.15) is 0 Å². The first-order valence-corrected chi connectivity index (χ1v) is 18.2. The standard InChI is InChI=1S/C48H30N2S/c1-3-13-31(14-4-1)33-25-34(32-15-5-2-6-16-32)27-36(26-33)50-44-21-11-8-18-38(44)41-29-40-37-17-7-10-20-43(37)49(45(40)30-46(41)50)35-23-24-48-42(28-35)39-19-9-12-22-47(39)51-48/h1-30H. The second-order valence-electron chi connectivity index (χ2n) is 13.4. The van der Waals surface area contributed by atoms with E-state index >= 15 is 0 Å². The summed E-state index contributed by atoms with van der Waals surface area (Å²) in [5.41, 5.74) is 11.9. The number of hydrogen-bond acceptors (Lipinski definition) is 1. The van der Waals surface area contributed by atoms with Crippen LogP contribution in [0.2, 0.25) is 0 Å². The third kappa shape index (κ3) is 4.35. The van der Waals surface area contributed by atoms with Crippen LogP contribution in [0, 0.1) is 0 Å². The van der Waals surface area contributed by atoms with Crippen LogP contribution in [0.5, 0.6) is 0 Å². The zero-order chi connectivity index (χ0) is 33.5. The molecule has 0 spiro atoms. The first-order chi connectivity index (χ1) is 25.3. The molecule has 51 heavy (non-hydrogen) atoms. The maximum absolute atomic E-state index is 2.47. The van der Waals surface area contributed by atoms with Crippen molar-refractivity contribution in [3.8, 4) is 33.6 Å². The molecule has 0 fully saturated rings. The Morgan fingerprint density at radius 3 is 1.41 bits per heavy atom. The van der Waals surface area contributed by atoms with Gasteiger partial charge in [0.05, 0.1) is 22.1 Å². The highest BCUT2D eigenvalue weighted by atomic mass is 32.1. The van der Waals surface area contributed by atoms with Gasteiger partial charge in [0, 0.05) is 53.1 Å². The van der Waals surface area contributed by atoms with Crippen LogP contribution in [-0.2, 0) is 0 Å². The largest absolute Gasteiger partial charge is 0.309 e. The molecule has 0 aliphatic carbocycles. The van der Waals surface area contributed by atoms with Crippen LogP contribution >= 0.6 is 11.3 Å². The lowest BCUT2D eigenvalue weighted by Crippen LogP contribution is -1.97. The molecular weight excluding hydrogens is 637 g/mol. The van der Waals surface area contributed by atoms with Gasteiger partial charge in [0.1, 0.15) is 0 Å². The smallest absolute Gasteiger partial charge is 0.0562 e. The van der Waals surface area contributed by atoms with E-state index in [0.29, 0.717) is 0 Å². The highest BCUT2D eigenvalue weighted by Gasteiger charge is 2.20. The van der Waals surface area contributed by atoms with Crippen LogP contribution in [0.3, 0.4) is 0 Å². The number of benzene rings is 8. The summed E-state index contributed by atoms with van der Waals surface area (Å²) in [5, 5.41) is 7.66. The molecule has 3 heteroatoms. The zero-order valence-corrected chi connectivity index (χ0v) is 28.4. The molecule has 238 valence electrons. The Balaban J connectivity index is 1.24. The van der Waals surface area contributed by atoms with Crippen molar-refractivity contribution < 1.29 is 0 Å². The van der Waals surface area contributed by atoms with Crippen molar-refractivity contribution in [2.45, 2.75) is 0 Å². The summed E-state index contributed by atoms with van der Waals surface area (Å²) >= 11 is 1.87. The molecule has 0 amide bonds. The summed E-state index contributed by atoms with van der Waals surface area (Å²) in [6, 6.07) is 66.8. The van der Waals surface area contributed by atoms with Crippen LogP contribution in [0.15, 0.2) is 182 Å². The summed E-state index contributed by atoms with van der Waals surface area (Å²) in [5.74, 6) is 0. The molecule has 11 rings (SSSR count). The predicted molar refractivity (Wildman–Crippen MR) is 219 cm³/mol. The molecule has 0 aliphatic rings. The SMILES string of the molecule is c1ccc(-c2cc(-c3ccccc3)cc(-n3c4ccccc4c4cc5c6ccccc6n(-c6ccc7sc8ccccc8c7c6)c5cc43)c2)cc1. The summed E-state index contributed by atoms with van der Waals surface area (Å²) in [7, 11) is 0. The van der Waals surface area contributed by atoms with Gasteiger partial charge in [-0.1, -0.05) is 115 Å². The van der Waals surface area contributed by atoms with Crippen molar-refractivity contribution in [2.24, 2.45) is 0 Å². The molecule has 0 saturated heterocycles. The molecule has 8 aromatic carbocycles. The van der Waals surface area contributed by atoms with Crippen molar-refractivity contribution in [3.05, 3.63) is 182 Å². The minimum Gasteiger partial charge on any atom is -0.309 e. The van der Waals surface area contributed by atoms with Crippen molar-refractivity contribution >= 4 is 75.1 Å². The molecule has 11 aromatic rings. The topological polar surface area (TPSA) is 9.86 Å². The van der Waals surface area contributed by atoms with Gasteiger partial charge in [0.15, 0.2) is 0 Å². The van der Waals surface area contributed by atoms with E-state index in [9.17, 15) is 0 Å². The molecule has 0 N–H and O–H groups in total. The maximum Gasteiger partial charge on any atom is 0.0562 e. The Kier molecular flexibility index (Phi) is 6.16. The number of para-hydroxylation sites is 2. The highest BCUT2D eigenvalue weighted by molar-refractivity contribution is 7.25. The Morgan fingerprint density at radius 1 is 0.275 bits per heavy atom. The number of fused-ring (bicyclic) bond motifs is 9. The lowest BCUT2D eigenvalue weighted by atomic mass is 9.98. The number of hydrogen-bond donors (Lipinski definition) is 0. The summed E-state index contributed by atoms with van der Waals surface area (Å²) < 4.78 is 7.58. The van der Waals surface area contributed by atoms with E-state index in [1.165, 1.54) is 91.7 Å². The van der Waals surface area contributed by atoms with Crippen molar-refractivity contribution in [1.29, 1.82) is 0 Å². The Hall–Kier alpha value is -6.42. The van der Waals surface area contributed by atoms with Gasteiger partial charge in [0.25, 0.3) is 0 Å². The third-order valence-electron chi connectivity index (χ3n) is 10.5. The molecule has 2 nitrogen and oxygen atoms in total. The van der Waals surface area contributed by atoms with Gasteiger partial charge >= 0.3 is 0 Å². The van der Waals surface area contributed by atoms with Gasteiger partial charge in [0.2, 0.25) is 0 Å². The maximum atomic E-state index is 2.47. The van der Waals surface area contributed by atoms with Gasteiger partial charge in [-0.25, -0.2) is 0 Å². The average Bonchev–Trinajstić information content (AvgIpc) is 3.84. The number of rotatable bonds is 4. The Labute approximate surface area is 298 Å². The molecule has 0 atom stereocenters. The minimum atomic E-state index is 1.15. The molecule has 0 radical (unpaired) electrons. The normalized spacial score (nSPS) is 11.9. The lowest BCUT2D eigenvalue weighted by molar-refractivity contribution is 1.17. The summed E-state index contributed by atoms with van der Waals surface area (Å²) in [4.78, 5) is 0. The van der Waals surface area contributed by atoms with Crippen LogP contribution in [-0.4, -0.2) is 9.13 Å². The van der Waals surface area contributed by atoms with Crippen molar-refractivity contribution in [2.75, 3.05) is 0 Å². The zero-order valence-electron chi connectivity index (χ0n) is 27.6. The number of aromatic nitrogens is 2. The van der Waals surface area contributed by atoms with E-state index in [-0.39, 0.29) is 0 Å². The summed E-state index contributed by atoms with van der Waals surface area (Å²) in [6.45, 7) is 0. The third-order valence-corrected chi connectivity index (χ3v) is 11.6. The molecule has 0 unspecified atom stereocenters. The van der Waals surface area contributed by atoms with E-state index in [4.69, 9.17) is 0 Å². The second kappa shape index (κ2) is 11.0. The molecule has 0 aliphatic heterocycles. The van der Waals surface area contributed by atoms with Crippen LogP contribution in [0.4, 0.5) is 0 Å². The minimum absolute atomic E-state index is 1.15. The predicted octanol–water partition coefficient (Wildman–Crippen LogP) is 13.6. The van der Waals surface area contributed by atoms with E-state index in [1.54, 1.807) is 0 Å². The van der Waals surface area contributed by atoms with Gasteiger partial charge in [-0.3, -0.25) is 0 Å². The lowest BCUT2D eigenvalue weighted by Gasteiger charge is -2.14. The quantitative estimate of drug-likeness (QED) is 0.177. The van der Waals surface area contributed by atoms with Crippen LogP contribution in [0.1, 0.15) is 0 Å². The van der Waals surface area contributed by atoms with E-state index in [1.807, 2.05) is 11.3 Å². The van der Waals surface area contributed by atoms with Gasteiger partial charge in [-0.05, 0) is 89.0 Å². The van der Waals surface area contributed by atoms with Crippen molar-refractivity contribution in [3.63, 3.8) is 0 Å².